The molecule has 0 aliphatic carbocycles. The highest BCUT2D eigenvalue weighted by Gasteiger charge is 2.12. The number of hydrogen-bond donors (Lipinski definition) is 1. The van der Waals surface area contributed by atoms with E-state index in [1.807, 2.05) is 13.0 Å². The van der Waals surface area contributed by atoms with Crippen molar-refractivity contribution in [3.63, 3.8) is 0 Å². The Morgan fingerprint density at radius 2 is 2.04 bits per heavy atom. The standard InChI is InChI=1S/C18H25NO3S/c1-4-5-9-17(22-3)10-7-6-8-15-19-23(20,21)18-13-11-16(2)12-14-18/h4,11-14,17,19H,1,5-6,8-9,15H2,2-3H3. The van der Waals surface area contributed by atoms with E-state index in [4.69, 9.17) is 4.74 Å². The van der Waals surface area contributed by atoms with E-state index < -0.39 is 10.0 Å². The summed E-state index contributed by atoms with van der Waals surface area (Å²) in [6.45, 7) is 5.96. The molecule has 0 saturated heterocycles. The predicted molar refractivity (Wildman–Crippen MR) is 93.6 cm³/mol. The van der Waals surface area contributed by atoms with Crippen LogP contribution in [0.15, 0.2) is 41.8 Å². The molecule has 5 heteroatoms. The zero-order valence-electron chi connectivity index (χ0n) is 13.8. The van der Waals surface area contributed by atoms with E-state index in [0.29, 0.717) is 19.4 Å². The molecule has 23 heavy (non-hydrogen) atoms. The maximum Gasteiger partial charge on any atom is 0.240 e. The molecule has 0 spiro atoms. The van der Waals surface area contributed by atoms with Gasteiger partial charge in [-0.3, -0.25) is 0 Å². The molecule has 0 aromatic heterocycles. The molecule has 126 valence electrons. The van der Waals surface area contributed by atoms with Crippen LogP contribution in [-0.4, -0.2) is 28.2 Å². The Labute approximate surface area is 140 Å². The minimum atomic E-state index is -3.43. The quantitative estimate of drug-likeness (QED) is 0.429. The Kier molecular flexibility index (Phi) is 8.64. The van der Waals surface area contributed by atoms with Crippen molar-refractivity contribution in [2.75, 3.05) is 13.7 Å². The Bertz CT molecular complexity index is 639. The average molecular weight is 335 g/mol. The third kappa shape index (κ3) is 7.47. The first kappa shape index (κ1) is 19.4. The third-order valence-corrected chi connectivity index (χ3v) is 4.76. The van der Waals surface area contributed by atoms with Gasteiger partial charge in [0.25, 0.3) is 0 Å². The van der Waals surface area contributed by atoms with Crippen molar-refractivity contribution in [1.82, 2.24) is 4.72 Å². The highest BCUT2D eigenvalue weighted by atomic mass is 32.2. The second-order valence-corrected chi connectivity index (χ2v) is 6.99. The summed E-state index contributed by atoms with van der Waals surface area (Å²) in [4.78, 5) is 0.290. The second-order valence-electron chi connectivity index (χ2n) is 5.23. The van der Waals surface area contributed by atoms with Gasteiger partial charge in [0.15, 0.2) is 0 Å². The van der Waals surface area contributed by atoms with E-state index in [-0.39, 0.29) is 11.0 Å². The summed E-state index contributed by atoms with van der Waals surface area (Å²) in [5, 5.41) is 0. The number of ether oxygens (including phenoxy) is 1. The lowest BCUT2D eigenvalue weighted by molar-refractivity contribution is 0.142. The van der Waals surface area contributed by atoms with Gasteiger partial charge in [0.1, 0.15) is 6.10 Å². The van der Waals surface area contributed by atoms with Gasteiger partial charge >= 0.3 is 0 Å². The first-order valence-electron chi connectivity index (χ1n) is 7.68. The zero-order chi connectivity index (χ0) is 17.1. The molecule has 0 aliphatic heterocycles. The number of benzene rings is 1. The first-order chi connectivity index (χ1) is 11.0. The summed E-state index contributed by atoms with van der Waals surface area (Å²) in [5.41, 5.74) is 1.03. The van der Waals surface area contributed by atoms with Gasteiger partial charge in [0.05, 0.1) is 4.90 Å². The van der Waals surface area contributed by atoms with Gasteiger partial charge in [-0.05, 0) is 38.3 Å². The molecule has 0 saturated carbocycles. The van der Waals surface area contributed by atoms with Crippen LogP contribution in [0.1, 0.15) is 31.2 Å². The molecule has 1 unspecified atom stereocenters. The molecule has 0 heterocycles. The summed E-state index contributed by atoms with van der Waals surface area (Å²) < 4.78 is 32.0. The van der Waals surface area contributed by atoms with Crippen molar-refractivity contribution < 1.29 is 13.2 Å². The van der Waals surface area contributed by atoms with Crippen molar-refractivity contribution in [2.45, 2.75) is 43.6 Å². The Hall–Kier alpha value is -1.61. The van der Waals surface area contributed by atoms with E-state index in [9.17, 15) is 8.42 Å². The van der Waals surface area contributed by atoms with E-state index in [1.165, 1.54) is 0 Å². The summed E-state index contributed by atoms with van der Waals surface area (Å²) in [6, 6.07) is 6.79. The van der Waals surface area contributed by atoms with E-state index >= 15 is 0 Å². The van der Waals surface area contributed by atoms with Crippen LogP contribution in [0.2, 0.25) is 0 Å². The molecular formula is C18H25NO3S. The van der Waals surface area contributed by atoms with Crippen LogP contribution in [0.5, 0.6) is 0 Å². The number of hydrogen-bond acceptors (Lipinski definition) is 3. The molecule has 0 bridgehead atoms. The van der Waals surface area contributed by atoms with Crippen LogP contribution >= 0.6 is 0 Å². The predicted octanol–water partition coefficient (Wildman–Crippen LogP) is 3.04. The van der Waals surface area contributed by atoms with Crippen molar-refractivity contribution in [3.05, 3.63) is 42.5 Å². The fraction of sp³-hybridized carbons (Fsp3) is 0.444. The maximum atomic E-state index is 12.1. The van der Waals surface area contributed by atoms with Crippen LogP contribution in [0.25, 0.3) is 0 Å². The van der Waals surface area contributed by atoms with Crippen molar-refractivity contribution in [1.29, 1.82) is 0 Å². The first-order valence-corrected chi connectivity index (χ1v) is 9.16. The smallest absolute Gasteiger partial charge is 0.240 e. The van der Waals surface area contributed by atoms with Gasteiger partial charge in [-0.25, -0.2) is 13.1 Å². The number of nitrogens with one attached hydrogen (secondary N) is 1. The zero-order valence-corrected chi connectivity index (χ0v) is 14.7. The molecule has 1 N–H and O–H groups in total. The minimum absolute atomic E-state index is 0.0859. The average Bonchev–Trinajstić information content (AvgIpc) is 2.54. The molecule has 1 aromatic rings. The Morgan fingerprint density at radius 1 is 1.35 bits per heavy atom. The van der Waals surface area contributed by atoms with Gasteiger partial charge in [0, 0.05) is 20.1 Å². The number of methoxy groups -OCH3 is 1. The van der Waals surface area contributed by atoms with Gasteiger partial charge in [0.2, 0.25) is 10.0 Å². The monoisotopic (exact) mass is 335 g/mol. The van der Waals surface area contributed by atoms with Crippen molar-refractivity contribution in [2.24, 2.45) is 0 Å². The van der Waals surface area contributed by atoms with Crippen molar-refractivity contribution in [3.8, 4) is 11.8 Å². The van der Waals surface area contributed by atoms with Crippen LogP contribution in [-0.2, 0) is 14.8 Å². The lowest BCUT2D eigenvalue weighted by Crippen LogP contribution is -2.24. The molecular weight excluding hydrogens is 310 g/mol. The SMILES string of the molecule is C=CCCC(C#CCCCNS(=O)(=O)c1ccc(C)cc1)OC. The number of aryl methyl sites for hydroxylation is 1. The molecule has 1 atom stereocenters. The van der Waals surface area contributed by atoms with Gasteiger partial charge < -0.3 is 4.74 Å². The third-order valence-electron chi connectivity index (χ3n) is 3.28. The lowest BCUT2D eigenvalue weighted by Gasteiger charge is -2.06. The summed E-state index contributed by atoms with van der Waals surface area (Å²) >= 11 is 0. The molecule has 1 aromatic carbocycles. The highest BCUT2D eigenvalue weighted by Crippen LogP contribution is 2.09. The largest absolute Gasteiger partial charge is 0.369 e. The Morgan fingerprint density at radius 3 is 2.65 bits per heavy atom. The molecule has 1 rings (SSSR count). The van der Waals surface area contributed by atoms with Gasteiger partial charge in [-0.1, -0.05) is 29.7 Å². The fourth-order valence-electron chi connectivity index (χ4n) is 1.89. The molecule has 0 aliphatic rings. The molecule has 4 nitrogen and oxygen atoms in total. The normalized spacial score (nSPS) is 12.3. The van der Waals surface area contributed by atoms with Crippen LogP contribution in [0.3, 0.4) is 0 Å². The number of sulfonamides is 1. The number of unbranched alkanes of at least 4 members (excludes halogenated alkanes) is 1. The molecule has 0 radical (unpaired) electrons. The van der Waals surface area contributed by atoms with Gasteiger partial charge in [-0.15, -0.1) is 12.5 Å². The van der Waals surface area contributed by atoms with Crippen molar-refractivity contribution >= 4 is 10.0 Å². The van der Waals surface area contributed by atoms with E-state index in [0.717, 1.165) is 18.4 Å². The summed E-state index contributed by atoms with van der Waals surface area (Å²) in [6.07, 6.45) is 4.74. The van der Waals surface area contributed by atoms with Crippen LogP contribution in [0.4, 0.5) is 0 Å². The number of rotatable bonds is 9. The summed E-state index contributed by atoms with van der Waals surface area (Å²) in [7, 11) is -1.79. The van der Waals surface area contributed by atoms with Crippen LogP contribution < -0.4 is 4.72 Å². The van der Waals surface area contributed by atoms with E-state index in [1.54, 1.807) is 31.4 Å². The lowest BCUT2D eigenvalue weighted by atomic mass is 10.2. The van der Waals surface area contributed by atoms with Crippen LogP contribution in [0, 0.1) is 18.8 Å². The molecule has 0 fully saturated rings. The fourth-order valence-corrected chi connectivity index (χ4v) is 2.96. The topological polar surface area (TPSA) is 55.4 Å². The number of allylic oxidation sites excluding steroid dienone is 1. The second kappa shape index (κ2) is 10.2. The maximum absolute atomic E-state index is 12.1. The highest BCUT2D eigenvalue weighted by molar-refractivity contribution is 7.89. The Balaban J connectivity index is 2.37. The van der Waals surface area contributed by atoms with Gasteiger partial charge in [-0.2, -0.15) is 0 Å². The summed E-state index contributed by atoms with van der Waals surface area (Å²) in [5.74, 6) is 6.08. The molecule has 0 amide bonds. The minimum Gasteiger partial charge on any atom is -0.369 e. The van der Waals surface area contributed by atoms with E-state index in [2.05, 4.69) is 23.1 Å².